The Kier molecular flexibility index (Phi) is 3.53. The zero-order valence-corrected chi connectivity index (χ0v) is 10.2. The molecule has 1 atom stereocenters. The second-order valence-corrected chi connectivity index (χ2v) is 4.14. The minimum absolute atomic E-state index is 0.111. The fourth-order valence-electron chi connectivity index (χ4n) is 1.79. The summed E-state index contributed by atoms with van der Waals surface area (Å²) in [6.45, 7) is 5.55. The third kappa shape index (κ3) is 2.71. The number of imidazole rings is 1. The quantitative estimate of drug-likeness (QED) is 0.814. The molecule has 2 N–H and O–H groups in total. The van der Waals surface area contributed by atoms with Crippen molar-refractivity contribution in [3.05, 3.63) is 30.4 Å². The van der Waals surface area contributed by atoms with Crippen LogP contribution in [0.1, 0.15) is 25.5 Å². The Labute approximate surface area is 100 Å². The average Bonchev–Trinajstić information content (AvgIpc) is 2.88. The molecule has 0 aliphatic heterocycles. The van der Waals surface area contributed by atoms with Crippen LogP contribution in [0.5, 0.6) is 0 Å². The summed E-state index contributed by atoms with van der Waals surface area (Å²) in [7, 11) is 0. The van der Waals surface area contributed by atoms with Gasteiger partial charge >= 0.3 is 0 Å². The van der Waals surface area contributed by atoms with Crippen LogP contribution in [0.15, 0.2) is 18.7 Å². The minimum atomic E-state index is 0.111. The zero-order valence-electron chi connectivity index (χ0n) is 10.2. The van der Waals surface area contributed by atoms with E-state index in [1.165, 1.54) is 0 Å². The summed E-state index contributed by atoms with van der Waals surface area (Å²) in [6.07, 6.45) is 6.10. The van der Waals surface area contributed by atoms with E-state index in [9.17, 15) is 0 Å². The summed E-state index contributed by atoms with van der Waals surface area (Å²) in [6, 6.07) is 0.111. The maximum absolute atomic E-state index is 5.80. The highest BCUT2D eigenvalue weighted by molar-refractivity contribution is 4.98. The third-order valence-electron chi connectivity index (χ3n) is 2.61. The summed E-state index contributed by atoms with van der Waals surface area (Å²) >= 11 is 0. The van der Waals surface area contributed by atoms with E-state index in [1.807, 2.05) is 17.8 Å². The Morgan fingerprint density at radius 3 is 2.88 bits per heavy atom. The first-order valence-electron chi connectivity index (χ1n) is 5.83. The van der Waals surface area contributed by atoms with Gasteiger partial charge in [0.05, 0.1) is 6.54 Å². The van der Waals surface area contributed by atoms with Crippen LogP contribution in [0.3, 0.4) is 0 Å². The van der Waals surface area contributed by atoms with E-state index < -0.39 is 0 Å². The molecule has 6 heteroatoms. The third-order valence-corrected chi connectivity index (χ3v) is 2.61. The van der Waals surface area contributed by atoms with Gasteiger partial charge in [-0.15, -0.1) is 0 Å². The molecular formula is C11H18N6. The molecule has 2 aromatic rings. The van der Waals surface area contributed by atoms with Gasteiger partial charge in [-0.3, -0.25) is 0 Å². The van der Waals surface area contributed by atoms with E-state index in [0.717, 1.165) is 24.6 Å². The van der Waals surface area contributed by atoms with Gasteiger partial charge in [0, 0.05) is 31.4 Å². The summed E-state index contributed by atoms with van der Waals surface area (Å²) < 4.78 is 3.95. The molecule has 0 radical (unpaired) electrons. The van der Waals surface area contributed by atoms with Gasteiger partial charge in [0.25, 0.3) is 0 Å². The Morgan fingerprint density at radius 1 is 1.35 bits per heavy atom. The van der Waals surface area contributed by atoms with Gasteiger partial charge in [-0.2, -0.15) is 5.10 Å². The summed E-state index contributed by atoms with van der Waals surface area (Å²) in [5.74, 6) is 1.93. The van der Waals surface area contributed by atoms with Crippen molar-refractivity contribution in [3.8, 4) is 0 Å². The van der Waals surface area contributed by atoms with Crippen molar-refractivity contribution in [2.24, 2.45) is 5.73 Å². The average molecular weight is 234 g/mol. The van der Waals surface area contributed by atoms with E-state index >= 15 is 0 Å². The molecule has 0 spiro atoms. The van der Waals surface area contributed by atoms with Crippen molar-refractivity contribution in [3.63, 3.8) is 0 Å². The van der Waals surface area contributed by atoms with Crippen LogP contribution in [0.4, 0.5) is 0 Å². The maximum atomic E-state index is 5.80. The summed E-state index contributed by atoms with van der Waals surface area (Å²) in [5.41, 5.74) is 5.80. The highest BCUT2D eigenvalue weighted by Crippen LogP contribution is 2.05. The Balaban J connectivity index is 2.16. The minimum Gasteiger partial charge on any atom is -0.328 e. The lowest BCUT2D eigenvalue weighted by Gasteiger charge is -2.09. The van der Waals surface area contributed by atoms with Crippen LogP contribution in [-0.4, -0.2) is 30.4 Å². The SMILES string of the molecule is CCn1ncnc1Cn1ccnc1CC(C)N. The fraction of sp³-hybridized carbons (Fsp3) is 0.545. The van der Waals surface area contributed by atoms with Crippen LogP contribution in [-0.2, 0) is 19.5 Å². The molecule has 0 aliphatic rings. The van der Waals surface area contributed by atoms with Gasteiger partial charge in [-0.1, -0.05) is 0 Å². The van der Waals surface area contributed by atoms with Crippen molar-refractivity contribution in [2.45, 2.75) is 39.4 Å². The second-order valence-electron chi connectivity index (χ2n) is 4.14. The number of nitrogens with zero attached hydrogens (tertiary/aromatic N) is 5. The van der Waals surface area contributed by atoms with Crippen LogP contribution in [0.25, 0.3) is 0 Å². The van der Waals surface area contributed by atoms with E-state index in [2.05, 4.69) is 26.6 Å². The summed E-state index contributed by atoms with van der Waals surface area (Å²) in [4.78, 5) is 8.57. The van der Waals surface area contributed by atoms with E-state index in [1.54, 1.807) is 12.5 Å². The van der Waals surface area contributed by atoms with Crippen molar-refractivity contribution >= 4 is 0 Å². The molecular weight excluding hydrogens is 216 g/mol. The molecule has 1 unspecified atom stereocenters. The van der Waals surface area contributed by atoms with Crippen molar-refractivity contribution in [1.82, 2.24) is 24.3 Å². The van der Waals surface area contributed by atoms with Crippen molar-refractivity contribution in [1.29, 1.82) is 0 Å². The van der Waals surface area contributed by atoms with Gasteiger partial charge in [-0.25, -0.2) is 14.6 Å². The Morgan fingerprint density at radius 2 is 2.18 bits per heavy atom. The number of rotatable bonds is 5. The zero-order chi connectivity index (χ0) is 12.3. The lowest BCUT2D eigenvalue weighted by Crippen LogP contribution is -2.21. The molecule has 0 aromatic carbocycles. The first-order chi connectivity index (χ1) is 8.20. The smallest absolute Gasteiger partial charge is 0.146 e. The molecule has 2 rings (SSSR count). The van der Waals surface area contributed by atoms with Gasteiger partial charge in [-0.05, 0) is 13.8 Å². The largest absolute Gasteiger partial charge is 0.328 e. The molecule has 0 bridgehead atoms. The Bertz CT molecular complexity index is 470. The van der Waals surface area contributed by atoms with Crippen LogP contribution < -0.4 is 5.73 Å². The first-order valence-corrected chi connectivity index (χ1v) is 5.83. The standard InChI is InChI=1S/C11H18N6/c1-3-17-11(14-8-15-17)7-16-5-4-13-10(16)6-9(2)12/h4-5,8-9H,3,6-7,12H2,1-2H3. The van der Waals surface area contributed by atoms with Gasteiger partial charge in [0.2, 0.25) is 0 Å². The highest BCUT2D eigenvalue weighted by Gasteiger charge is 2.09. The monoisotopic (exact) mass is 234 g/mol. The number of hydrogen-bond acceptors (Lipinski definition) is 4. The van der Waals surface area contributed by atoms with Gasteiger partial charge in [0.15, 0.2) is 0 Å². The molecule has 0 amide bonds. The number of aromatic nitrogens is 5. The van der Waals surface area contributed by atoms with Crippen LogP contribution >= 0.6 is 0 Å². The topological polar surface area (TPSA) is 74.5 Å². The predicted octanol–water partition coefficient (Wildman–Crippen LogP) is 0.432. The van der Waals surface area contributed by atoms with E-state index in [0.29, 0.717) is 6.54 Å². The summed E-state index contributed by atoms with van der Waals surface area (Å²) in [5, 5.41) is 4.15. The van der Waals surface area contributed by atoms with Crippen molar-refractivity contribution in [2.75, 3.05) is 0 Å². The molecule has 2 aromatic heterocycles. The molecule has 0 aliphatic carbocycles. The normalized spacial score (nSPS) is 12.9. The fourth-order valence-corrected chi connectivity index (χ4v) is 1.79. The first kappa shape index (κ1) is 11.8. The maximum Gasteiger partial charge on any atom is 0.146 e. The number of hydrogen-bond donors (Lipinski definition) is 1. The number of nitrogens with two attached hydrogens (primary N) is 1. The molecule has 17 heavy (non-hydrogen) atoms. The van der Waals surface area contributed by atoms with Crippen LogP contribution in [0.2, 0.25) is 0 Å². The molecule has 92 valence electrons. The number of aryl methyl sites for hydroxylation is 1. The molecule has 0 saturated carbocycles. The molecule has 2 heterocycles. The van der Waals surface area contributed by atoms with Gasteiger partial charge < -0.3 is 10.3 Å². The second kappa shape index (κ2) is 5.09. The Hall–Kier alpha value is -1.69. The lowest BCUT2D eigenvalue weighted by molar-refractivity contribution is 0.573. The predicted molar refractivity (Wildman–Crippen MR) is 64.4 cm³/mol. The van der Waals surface area contributed by atoms with E-state index in [-0.39, 0.29) is 6.04 Å². The van der Waals surface area contributed by atoms with E-state index in [4.69, 9.17) is 5.73 Å². The molecule has 0 fully saturated rings. The van der Waals surface area contributed by atoms with Crippen molar-refractivity contribution < 1.29 is 0 Å². The molecule has 0 saturated heterocycles. The molecule has 6 nitrogen and oxygen atoms in total. The van der Waals surface area contributed by atoms with Crippen LogP contribution in [0, 0.1) is 0 Å². The lowest BCUT2D eigenvalue weighted by atomic mass is 10.2. The highest BCUT2D eigenvalue weighted by atomic mass is 15.3. The van der Waals surface area contributed by atoms with Gasteiger partial charge in [0.1, 0.15) is 18.0 Å².